The lowest BCUT2D eigenvalue weighted by molar-refractivity contribution is 0.146. The summed E-state index contributed by atoms with van der Waals surface area (Å²) >= 11 is 0. The SMILES string of the molecule is CCOCCCN=C(N)NC1CC1C1CCCCC1.I. The average Bonchev–Trinajstić information content (AvgIpc) is 3.19. The number of hydrogen-bond acceptors (Lipinski definition) is 2. The van der Waals surface area contributed by atoms with Crippen molar-refractivity contribution in [3.05, 3.63) is 0 Å². The molecule has 0 aromatic carbocycles. The fourth-order valence-electron chi connectivity index (χ4n) is 3.21. The van der Waals surface area contributed by atoms with Crippen LogP contribution in [-0.2, 0) is 4.74 Å². The van der Waals surface area contributed by atoms with Crippen molar-refractivity contribution in [2.45, 2.75) is 57.9 Å². The van der Waals surface area contributed by atoms with Crippen LogP contribution < -0.4 is 11.1 Å². The van der Waals surface area contributed by atoms with Crippen molar-refractivity contribution in [2.75, 3.05) is 19.8 Å². The van der Waals surface area contributed by atoms with Crippen LogP contribution >= 0.6 is 24.0 Å². The predicted molar refractivity (Wildman–Crippen MR) is 94.6 cm³/mol. The molecule has 5 heteroatoms. The highest BCUT2D eigenvalue weighted by Crippen LogP contribution is 2.44. The smallest absolute Gasteiger partial charge is 0.188 e. The summed E-state index contributed by atoms with van der Waals surface area (Å²) in [5.41, 5.74) is 5.92. The van der Waals surface area contributed by atoms with Crippen molar-refractivity contribution < 1.29 is 4.74 Å². The van der Waals surface area contributed by atoms with E-state index < -0.39 is 0 Å². The standard InChI is InChI=1S/C15H29N3O.HI/c1-2-19-10-6-9-17-15(16)18-14-11-13(14)12-7-4-3-5-8-12;/h12-14H,2-11H2,1H3,(H3,16,17,18);1H. The van der Waals surface area contributed by atoms with Gasteiger partial charge in [0, 0.05) is 25.8 Å². The Hall–Kier alpha value is -0.0400. The van der Waals surface area contributed by atoms with Crippen LogP contribution in [0.1, 0.15) is 51.9 Å². The van der Waals surface area contributed by atoms with Crippen LogP contribution in [0.3, 0.4) is 0 Å². The third-order valence-electron chi connectivity index (χ3n) is 4.36. The van der Waals surface area contributed by atoms with Gasteiger partial charge in [-0.05, 0) is 31.6 Å². The first-order valence-electron chi connectivity index (χ1n) is 7.95. The molecule has 118 valence electrons. The molecule has 3 N–H and O–H groups in total. The molecule has 0 aromatic rings. The molecular weight excluding hydrogens is 365 g/mol. The minimum atomic E-state index is 0. The molecule has 20 heavy (non-hydrogen) atoms. The molecule has 0 aliphatic heterocycles. The Bertz CT molecular complexity index is 293. The van der Waals surface area contributed by atoms with Gasteiger partial charge in [-0.3, -0.25) is 4.99 Å². The molecule has 0 saturated heterocycles. The lowest BCUT2D eigenvalue weighted by Gasteiger charge is -2.21. The number of guanidine groups is 1. The fourth-order valence-corrected chi connectivity index (χ4v) is 3.21. The number of nitrogens with one attached hydrogen (secondary N) is 1. The van der Waals surface area contributed by atoms with Gasteiger partial charge in [-0.25, -0.2) is 0 Å². The second-order valence-corrected chi connectivity index (χ2v) is 5.87. The van der Waals surface area contributed by atoms with Crippen LogP contribution in [0.5, 0.6) is 0 Å². The van der Waals surface area contributed by atoms with E-state index in [0.29, 0.717) is 12.0 Å². The monoisotopic (exact) mass is 395 g/mol. The Kier molecular flexibility index (Phi) is 8.84. The van der Waals surface area contributed by atoms with Gasteiger partial charge in [0.1, 0.15) is 0 Å². The van der Waals surface area contributed by atoms with Gasteiger partial charge in [-0.15, -0.1) is 24.0 Å². The van der Waals surface area contributed by atoms with Crippen LogP contribution in [0.25, 0.3) is 0 Å². The summed E-state index contributed by atoms with van der Waals surface area (Å²) in [6.45, 7) is 4.33. The normalized spacial score (nSPS) is 26.9. The van der Waals surface area contributed by atoms with E-state index in [9.17, 15) is 0 Å². The Morgan fingerprint density at radius 1 is 1.30 bits per heavy atom. The highest BCUT2D eigenvalue weighted by atomic mass is 127. The van der Waals surface area contributed by atoms with Crippen LogP contribution in [0.15, 0.2) is 4.99 Å². The molecule has 4 nitrogen and oxygen atoms in total. The van der Waals surface area contributed by atoms with Gasteiger partial charge in [0.25, 0.3) is 0 Å². The Morgan fingerprint density at radius 2 is 2.05 bits per heavy atom. The molecule has 0 heterocycles. The molecule has 0 bridgehead atoms. The van der Waals surface area contributed by atoms with Gasteiger partial charge < -0.3 is 15.8 Å². The zero-order chi connectivity index (χ0) is 13.5. The van der Waals surface area contributed by atoms with E-state index in [1.165, 1.54) is 38.5 Å². The quantitative estimate of drug-likeness (QED) is 0.302. The Morgan fingerprint density at radius 3 is 2.75 bits per heavy atom. The number of halogens is 1. The minimum absolute atomic E-state index is 0. The average molecular weight is 395 g/mol. The maximum absolute atomic E-state index is 5.92. The molecule has 2 aliphatic rings. The minimum Gasteiger partial charge on any atom is -0.382 e. The summed E-state index contributed by atoms with van der Waals surface area (Å²) in [7, 11) is 0. The molecule has 2 unspecified atom stereocenters. The van der Waals surface area contributed by atoms with Crippen LogP contribution in [0.4, 0.5) is 0 Å². The first-order valence-corrected chi connectivity index (χ1v) is 7.95. The topological polar surface area (TPSA) is 59.6 Å². The highest BCUT2D eigenvalue weighted by molar-refractivity contribution is 14.0. The van der Waals surface area contributed by atoms with Crippen LogP contribution in [0.2, 0.25) is 0 Å². The summed E-state index contributed by atoms with van der Waals surface area (Å²) in [5.74, 6) is 2.43. The molecule has 2 saturated carbocycles. The van der Waals surface area contributed by atoms with E-state index in [-0.39, 0.29) is 24.0 Å². The molecule has 2 fully saturated rings. The van der Waals surface area contributed by atoms with Crippen molar-refractivity contribution in [1.82, 2.24) is 5.32 Å². The molecule has 0 radical (unpaired) electrons. The number of rotatable bonds is 7. The molecule has 0 aromatic heterocycles. The fraction of sp³-hybridized carbons (Fsp3) is 0.933. The number of hydrogen-bond donors (Lipinski definition) is 2. The number of nitrogens with zero attached hydrogens (tertiary/aromatic N) is 1. The van der Waals surface area contributed by atoms with Crippen molar-refractivity contribution in [2.24, 2.45) is 22.6 Å². The van der Waals surface area contributed by atoms with Crippen molar-refractivity contribution in [1.29, 1.82) is 0 Å². The van der Waals surface area contributed by atoms with Gasteiger partial charge in [0.2, 0.25) is 0 Å². The maximum Gasteiger partial charge on any atom is 0.188 e. The molecule has 2 rings (SSSR count). The van der Waals surface area contributed by atoms with Crippen molar-refractivity contribution in [3.8, 4) is 0 Å². The molecule has 2 atom stereocenters. The Balaban J connectivity index is 0.00000200. The van der Waals surface area contributed by atoms with E-state index in [2.05, 4.69) is 10.3 Å². The lowest BCUT2D eigenvalue weighted by atomic mass is 9.85. The van der Waals surface area contributed by atoms with Crippen LogP contribution in [0, 0.1) is 11.8 Å². The van der Waals surface area contributed by atoms with Gasteiger partial charge in [-0.1, -0.05) is 32.1 Å². The zero-order valence-corrected chi connectivity index (χ0v) is 15.0. The first-order chi connectivity index (χ1) is 9.31. The summed E-state index contributed by atoms with van der Waals surface area (Å²) in [6, 6.07) is 0.596. The third-order valence-corrected chi connectivity index (χ3v) is 4.36. The molecule has 0 amide bonds. The van der Waals surface area contributed by atoms with Crippen LogP contribution in [-0.4, -0.2) is 31.8 Å². The lowest BCUT2D eigenvalue weighted by Crippen LogP contribution is -2.35. The molecular formula is C15H30IN3O. The summed E-state index contributed by atoms with van der Waals surface area (Å²) in [6.07, 6.45) is 9.38. The van der Waals surface area contributed by atoms with E-state index in [1.54, 1.807) is 0 Å². The van der Waals surface area contributed by atoms with Crippen molar-refractivity contribution in [3.63, 3.8) is 0 Å². The predicted octanol–water partition coefficient (Wildman–Crippen LogP) is 2.90. The zero-order valence-electron chi connectivity index (χ0n) is 12.6. The summed E-state index contributed by atoms with van der Waals surface area (Å²) in [5, 5.41) is 3.38. The van der Waals surface area contributed by atoms with Gasteiger partial charge in [-0.2, -0.15) is 0 Å². The molecule has 2 aliphatic carbocycles. The largest absolute Gasteiger partial charge is 0.382 e. The second kappa shape index (κ2) is 9.82. The van der Waals surface area contributed by atoms with Gasteiger partial charge in [0.15, 0.2) is 5.96 Å². The first kappa shape index (κ1) is 18.0. The molecule has 0 spiro atoms. The highest BCUT2D eigenvalue weighted by Gasteiger charge is 2.43. The number of ether oxygens (including phenoxy) is 1. The summed E-state index contributed by atoms with van der Waals surface area (Å²) < 4.78 is 5.27. The third kappa shape index (κ3) is 6.16. The summed E-state index contributed by atoms with van der Waals surface area (Å²) in [4.78, 5) is 4.36. The van der Waals surface area contributed by atoms with Gasteiger partial charge in [0.05, 0.1) is 0 Å². The Labute approximate surface area is 140 Å². The number of nitrogens with two attached hydrogens (primary N) is 1. The van der Waals surface area contributed by atoms with Crippen molar-refractivity contribution >= 4 is 29.9 Å². The number of aliphatic imine (C=N–C) groups is 1. The maximum atomic E-state index is 5.92. The van der Waals surface area contributed by atoms with Gasteiger partial charge >= 0.3 is 0 Å². The van der Waals surface area contributed by atoms with E-state index in [0.717, 1.165) is 38.0 Å². The van der Waals surface area contributed by atoms with E-state index in [4.69, 9.17) is 10.5 Å². The second-order valence-electron chi connectivity index (χ2n) is 5.87. The van der Waals surface area contributed by atoms with E-state index >= 15 is 0 Å². The van der Waals surface area contributed by atoms with E-state index in [1.807, 2.05) is 6.92 Å².